The van der Waals surface area contributed by atoms with E-state index in [-0.39, 0.29) is 16.8 Å². The second-order valence-corrected chi connectivity index (χ2v) is 8.62. The topological polar surface area (TPSA) is 75.7 Å². The highest BCUT2D eigenvalue weighted by molar-refractivity contribution is 7.89. The molecule has 7 heteroatoms. The van der Waals surface area contributed by atoms with E-state index in [1.165, 1.54) is 16.4 Å². The molecule has 0 radical (unpaired) electrons. The quantitative estimate of drug-likeness (QED) is 0.853. The second kappa shape index (κ2) is 8.21. The average Bonchev–Trinajstić information content (AvgIpc) is 2.67. The van der Waals surface area contributed by atoms with E-state index in [0.717, 1.165) is 11.1 Å². The Balaban J connectivity index is 1.67. The number of hydrogen-bond donors (Lipinski definition) is 1. The summed E-state index contributed by atoms with van der Waals surface area (Å²) in [7, 11) is -3.59. The number of ether oxygens (including phenoxy) is 1. The number of carbonyl (C=O) groups is 1. The molecule has 1 aliphatic rings. The van der Waals surface area contributed by atoms with Crippen molar-refractivity contribution in [3.63, 3.8) is 0 Å². The molecule has 144 valence electrons. The van der Waals surface area contributed by atoms with Gasteiger partial charge in [0.25, 0.3) is 5.91 Å². The first-order valence-corrected chi connectivity index (χ1v) is 10.4. The molecule has 6 nitrogen and oxygen atoms in total. The number of nitrogens with zero attached hydrogens (tertiary/aromatic N) is 1. The first-order valence-electron chi connectivity index (χ1n) is 8.91. The molecule has 0 bridgehead atoms. The lowest BCUT2D eigenvalue weighted by Gasteiger charge is -2.32. The van der Waals surface area contributed by atoms with Crippen LogP contribution in [0.4, 0.5) is 0 Å². The summed E-state index contributed by atoms with van der Waals surface area (Å²) in [4.78, 5) is 12.5. The van der Waals surface area contributed by atoms with Crippen molar-refractivity contribution in [3.8, 4) is 0 Å². The summed E-state index contributed by atoms with van der Waals surface area (Å²) in [6.07, 6.45) is 0. The Morgan fingerprint density at radius 2 is 1.81 bits per heavy atom. The Hall–Kier alpha value is -2.22. The largest absolute Gasteiger partial charge is 0.378 e. The number of sulfonamides is 1. The minimum Gasteiger partial charge on any atom is -0.378 e. The Labute approximate surface area is 160 Å². The lowest BCUT2D eigenvalue weighted by molar-refractivity contribution is 0.0393. The maximum Gasteiger partial charge on any atom is 0.251 e. The van der Waals surface area contributed by atoms with Gasteiger partial charge in [-0.15, -0.1) is 0 Å². The molecule has 1 atom stereocenters. The lowest BCUT2D eigenvalue weighted by atomic mass is 10.1. The van der Waals surface area contributed by atoms with Gasteiger partial charge in [0.2, 0.25) is 10.0 Å². The Bertz CT molecular complexity index is 893. The molecule has 1 aliphatic heterocycles. The second-order valence-electron chi connectivity index (χ2n) is 6.73. The first-order chi connectivity index (χ1) is 12.9. The number of carbonyl (C=O) groups excluding carboxylic acids is 1. The van der Waals surface area contributed by atoms with Crippen molar-refractivity contribution in [2.24, 2.45) is 0 Å². The highest BCUT2D eigenvalue weighted by atomic mass is 32.2. The molecule has 1 heterocycles. The molecular formula is C20H24N2O4S. The predicted octanol–water partition coefficient (Wildman–Crippen LogP) is 2.33. The van der Waals surface area contributed by atoms with Gasteiger partial charge >= 0.3 is 0 Å². The molecule has 1 amide bonds. The van der Waals surface area contributed by atoms with Gasteiger partial charge in [0.05, 0.1) is 18.1 Å². The number of aryl methyl sites for hydroxylation is 1. The van der Waals surface area contributed by atoms with Crippen molar-refractivity contribution in [1.82, 2.24) is 9.62 Å². The van der Waals surface area contributed by atoms with Crippen LogP contribution in [0.15, 0.2) is 53.4 Å². The Morgan fingerprint density at radius 3 is 2.44 bits per heavy atom. The summed E-state index contributed by atoms with van der Waals surface area (Å²) < 4.78 is 32.3. The normalized spacial score (nSPS) is 18.2. The third-order valence-electron chi connectivity index (χ3n) is 4.60. The molecule has 3 rings (SSSR count). The van der Waals surface area contributed by atoms with Crippen LogP contribution in [0.25, 0.3) is 0 Å². The van der Waals surface area contributed by atoms with E-state index in [1.54, 1.807) is 12.1 Å². The summed E-state index contributed by atoms with van der Waals surface area (Å²) in [5.74, 6) is -0.237. The molecule has 2 aromatic rings. The molecule has 27 heavy (non-hydrogen) atoms. The van der Waals surface area contributed by atoms with E-state index >= 15 is 0 Å². The molecule has 0 aliphatic carbocycles. The van der Waals surface area contributed by atoms with Crippen molar-refractivity contribution in [2.75, 3.05) is 19.8 Å². The summed E-state index contributed by atoms with van der Waals surface area (Å²) in [5.41, 5.74) is 2.60. The van der Waals surface area contributed by atoms with Gasteiger partial charge < -0.3 is 10.1 Å². The van der Waals surface area contributed by atoms with Gasteiger partial charge in [0.15, 0.2) is 0 Å². The van der Waals surface area contributed by atoms with Crippen LogP contribution in [0, 0.1) is 6.92 Å². The van der Waals surface area contributed by atoms with Crippen LogP contribution in [-0.4, -0.2) is 44.4 Å². The van der Waals surface area contributed by atoms with Gasteiger partial charge in [-0.25, -0.2) is 8.42 Å². The minimum atomic E-state index is -3.59. The van der Waals surface area contributed by atoms with E-state index in [9.17, 15) is 13.2 Å². The molecular weight excluding hydrogens is 364 g/mol. The number of nitrogens with one attached hydrogen (secondary N) is 1. The highest BCUT2D eigenvalue weighted by Crippen LogP contribution is 2.21. The molecule has 0 spiro atoms. The van der Waals surface area contributed by atoms with Crippen LogP contribution in [0.3, 0.4) is 0 Å². The van der Waals surface area contributed by atoms with Crippen LogP contribution in [0.2, 0.25) is 0 Å². The third kappa shape index (κ3) is 4.55. The summed E-state index contributed by atoms with van der Waals surface area (Å²) in [5, 5.41) is 2.85. The van der Waals surface area contributed by atoms with Gasteiger partial charge in [-0.1, -0.05) is 29.8 Å². The highest BCUT2D eigenvalue weighted by Gasteiger charge is 2.31. The number of amides is 1. The smallest absolute Gasteiger partial charge is 0.251 e. The van der Waals surface area contributed by atoms with E-state index in [4.69, 9.17) is 4.74 Å². The zero-order valence-electron chi connectivity index (χ0n) is 15.5. The molecule has 1 unspecified atom stereocenters. The zero-order chi connectivity index (χ0) is 19.4. The predicted molar refractivity (Wildman–Crippen MR) is 103 cm³/mol. The van der Waals surface area contributed by atoms with Crippen molar-refractivity contribution < 1.29 is 17.9 Å². The van der Waals surface area contributed by atoms with Crippen LogP contribution < -0.4 is 5.32 Å². The van der Waals surface area contributed by atoms with E-state index in [2.05, 4.69) is 5.32 Å². The standard InChI is InChI=1S/C20H24N2O4S/c1-15-3-5-17(6-4-15)13-21-20(23)18-7-9-19(10-8-18)27(24,25)22-11-12-26-14-16(22)2/h3-10,16H,11-14H2,1-2H3,(H,21,23). The van der Waals surface area contributed by atoms with Crippen molar-refractivity contribution in [1.29, 1.82) is 0 Å². The monoisotopic (exact) mass is 388 g/mol. The molecule has 0 aromatic heterocycles. The van der Waals surface area contributed by atoms with E-state index < -0.39 is 10.0 Å². The fraction of sp³-hybridized carbons (Fsp3) is 0.350. The Morgan fingerprint density at radius 1 is 1.15 bits per heavy atom. The fourth-order valence-corrected chi connectivity index (χ4v) is 4.57. The zero-order valence-corrected chi connectivity index (χ0v) is 16.3. The van der Waals surface area contributed by atoms with Crippen LogP contribution in [0.5, 0.6) is 0 Å². The minimum absolute atomic E-state index is 0.186. The number of hydrogen-bond acceptors (Lipinski definition) is 4. The number of morpholine rings is 1. The molecule has 0 saturated carbocycles. The molecule has 1 saturated heterocycles. The van der Waals surface area contributed by atoms with Gasteiger partial charge in [0.1, 0.15) is 0 Å². The average molecular weight is 388 g/mol. The van der Waals surface area contributed by atoms with Gasteiger partial charge in [-0.05, 0) is 43.7 Å². The van der Waals surface area contributed by atoms with Crippen LogP contribution >= 0.6 is 0 Å². The molecule has 1 N–H and O–H groups in total. The van der Waals surface area contributed by atoms with Crippen LogP contribution in [0.1, 0.15) is 28.4 Å². The number of benzene rings is 2. The molecule has 2 aromatic carbocycles. The van der Waals surface area contributed by atoms with E-state index in [0.29, 0.717) is 31.9 Å². The SMILES string of the molecule is Cc1ccc(CNC(=O)c2ccc(S(=O)(=O)N3CCOCC3C)cc2)cc1. The van der Waals surface area contributed by atoms with E-state index in [1.807, 2.05) is 38.1 Å². The van der Waals surface area contributed by atoms with Crippen molar-refractivity contribution in [3.05, 3.63) is 65.2 Å². The van der Waals surface area contributed by atoms with Crippen LogP contribution in [-0.2, 0) is 21.3 Å². The van der Waals surface area contributed by atoms with Crippen molar-refractivity contribution in [2.45, 2.75) is 31.3 Å². The maximum absolute atomic E-state index is 12.8. The summed E-state index contributed by atoms with van der Waals surface area (Å²) in [6, 6.07) is 13.8. The summed E-state index contributed by atoms with van der Waals surface area (Å²) >= 11 is 0. The molecule has 1 fully saturated rings. The summed E-state index contributed by atoms with van der Waals surface area (Å²) in [6.45, 7) is 5.37. The van der Waals surface area contributed by atoms with Crippen molar-refractivity contribution >= 4 is 15.9 Å². The lowest BCUT2D eigenvalue weighted by Crippen LogP contribution is -2.46. The Kier molecular flexibility index (Phi) is 5.94. The maximum atomic E-state index is 12.8. The van der Waals surface area contributed by atoms with Gasteiger partial charge in [-0.2, -0.15) is 4.31 Å². The van der Waals surface area contributed by atoms with Gasteiger partial charge in [-0.3, -0.25) is 4.79 Å². The third-order valence-corrected chi connectivity index (χ3v) is 6.63. The van der Waals surface area contributed by atoms with Gasteiger partial charge in [0, 0.05) is 24.7 Å². The first kappa shape index (κ1) is 19.5. The fourth-order valence-electron chi connectivity index (χ4n) is 2.97. The number of rotatable bonds is 5.